The first-order chi connectivity index (χ1) is 12.0. The van der Waals surface area contributed by atoms with E-state index in [4.69, 9.17) is 0 Å². The second-order valence-corrected chi connectivity index (χ2v) is 5.82. The lowest BCUT2D eigenvalue weighted by Crippen LogP contribution is -2.55. The van der Waals surface area contributed by atoms with Gasteiger partial charge in [-0.25, -0.2) is 4.79 Å². The molecule has 0 radical (unpaired) electrons. The van der Waals surface area contributed by atoms with Crippen molar-refractivity contribution in [2.24, 2.45) is 0 Å². The molecule has 0 aromatic heterocycles. The number of halogens is 6. The lowest BCUT2D eigenvalue weighted by molar-refractivity contribution is -0.210. The summed E-state index contributed by atoms with van der Waals surface area (Å²) in [5.74, 6) is -3.69. The van der Waals surface area contributed by atoms with Gasteiger partial charge in [-0.05, 0) is 24.8 Å². The van der Waals surface area contributed by atoms with E-state index in [9.17, 15) is 35.9 Å². The zero-order valence-electron chi connectivity index (χ0n) is 13.3. The van der Waals surface area contributed by atoms with Gasteiger partial charge >= 0.3 is 24.2 Å². The molecule has 0 aliphatic carbocycles. The maximum absolute atomic E-state index is 13.4. The maximum Gasteiger partial charge on any atom is 0.422 e. The first kappa shape index (κ1) is 20.1. The number of alkyl halides is 6. The molecule has 1 aliphatic rings. The molecule has 2 rings (SSSR count). The normalized spacial score (nSPS) is 21.4. The number of rotatable bonds is 2. The van der Waals surface area contributed by atoms with E-state index >= 15 is 0 Å². The van der Waals surface area contributed by atoms with Gasteiger partial charge in [-0.3, -0.25) is 4.79 Å². The molecule has 1 heterocycles. The van der Waals surface area contributed by atoms with Crippen molar-refractivity contribution in [1.82, 2.24) is 4.90 Å². The third-order valence-electron chi connectivity index (χ3n) is 3.96. The zero-order chi connectivity index (χ0) is 19.5. The molecule has 1 fully saturated rings. The van der Waals surface area contributed by atoms with Gasteiger partial charge in [0.1, 0.15) is 6.04 Å². The summed E-state index contributed by atoms with van der Waals surface area (Å²) in [7, 11) is 0. The van der Waals surface area contributed by atoms with Crippen LogP contribution in [-0.2, 0) is 14.3 Å². The lowest BCUT2D eigenvalue weighted by Gasteiger charge is -2.42. The van der Waals surface area contributed by atoms with Crippen LogP contribution in [0.25, 0.3) is 0 Å². The monoisotopic (exact) mass is 383 g/mol. The summed E-state index contributed by atoms with van der Waals surface area (Å²) in [6.07, 6.45) is -9.86. The molecule has 26 heavy (non-hydrogen) atoms. The van der Waals surface area contributed by atoms with Crippen LogP contribution < -0.4 is 0 Å². The molecule has 4 nitrogen and oxygen atoms in total. The number of esters is 1. The molecule has 10 heteroatoms. The van der Waals surface area contributed by atoms with Crippen LogP contribution in [0.15, 0.2) is 30.3 Å². The van der Waals surface area contributed by atoms with E-state index in [2.05, 4.69) is 4.74 Å². The third kappa shape index (κ3) is 4.89. The van der Waals surface area contributed by atoms with Crippen molar-refractivity contribution in [3.63, 3.8) is 0 Å². The van der Waals surface area contributed by atoms with Gasteiger partial charge in [0.05, 0.1) is 6.04 Å². The van der Waals surface area contributed by atoms with Crippen molar-refractivity contribution in [2.45, 2.75) is 43.7 Å². The van der Waals surface area contributed by atoms with Crippen LogP contribution in [0.4, 0.5) is 26.3 Å². The highest BCUT2D eigenvalue weighted by atomic mass is 19.4. The molecule has 2 atom stereocenters. The van der Waals surface area contributed by atoms with Crippen LogP contribution in [0, 0.1) is 0 Å². The van der Waals surface area contributed by atoms with Crippen LogP contribution in [0.3, 0.4) is 0 Å². The molecule has 1 amide bonds. The Morgan fingerprint density at radius 3 is 2.19 bits per heavy atom. The first-order valence-electron chi connectivity index (χ1n) is 7.68. The highest BCUT2D eigenvalue weighted by molar-refractivity contribution is 6.32. The number of carbonyl (C=O) groups is 2. The minimum absolute atomic E-state index is 0.144. The van der Waals surface area contributed by atoms with E-state index < -0.39 is 49.3 Å². The molecule has 1 aliphatic heterocycles. The average molecular weight is 383 g/mol. The molecular weight excluding hydrogens is 368 g/mol. The van der Waals surface area contributed by atoms with Crippen molar-refractivity contribution in [3.8, 4) is 0 Å². The number of ether oxygens (including phenoxy) is 1. The largest absolute Gasteiger partial charge is 0.449 e. The van der Waals surface area contributed by atoms with Crippen molar-refractivity contribution in [1.29, 1.82) is 0 Å². The Morgan fingerprint density at radius 1 is 1.04 bits per heavy atom. The Labute approximate surface area is 144 Å². The minimum Gasteiger partial charge on any atom is -0.449 e. The Kier molecular flexibility index (Phi) is 5.82. The number of nitrogens with zero attached hydrogens (tertiary/aromatic N) is 1. The van der Waals surface area contributed by atoms with E-state index in [0.29, 0.717) is 10.5 Å². The number of likely N-dealkylation sites (tertiary alicyclic amines) is 1. The van der Waals surface area contributed by atoms with Gasteiger partial charge in [0.15, 0.2) is 6.61 Å². The number of amides is 1. The van der Waals surface area contributed by atoms with E-state index in [1.54, 1.807) is 18.2 Å². The SMILES string of the molecule is O=C(OCC(F)(F)F)C(=O)N1[C@H](c2ccccc2)CCC[C@@H]1C(F)(F)F. The summed E-state index contributed by atoms with van der Waals surface area (Å²) in [5, 5.41) is 0. The number of benzene rings is 1. The number of carbonyl (C=O) groups excluding carboxylic acids is 2. The van der Waals surface area contributed by atoms with Crippen LogP contribution in [0.2, 0.25) is 0 Å². The molecule has 0 unspecified atom stereocenters. The predicted molar refractivity (Wildman–Crippen MR) is 76.7 cm³/mol. The van der Waals surface area contributed by atoms with Crippen molar-refractivity contribution in [2.75, 3.05) is 6.61 Å². The molecule has 0 spiro atoms. The second kappa shape index (κ2) is 7.55. The summed E-state index contributed by atoms with van der Waals surface area (Å²) >= 11 is 0. The average Bonchev–Trinajstić information content (AvgIpc) is 2.57. The quantitative estimate of drug-likeness (QED) is 0.444. The summed E-state index contributed by atoms with van der Waals surface area (Å²) in [6.45, 7) is -2.04. The smallest absolute Gasteiger partial charge is 0.422 e. The Balaban J connectivity index is 2.31. The van der Waals surface area contributed by atoms with E-state index in [0.717, 1.165) is 0 Å². The Bertz CT molecular complexity index is 644. The Hall–Kier alpha value is -2.26. The Morgan fingerprint density at radius 2 is 1.65 bits per heavy atom. The molecule has 0 saturated carbocycles. The topological polar surface area (TPSA) is 46.6 Å². The number of hydrogen-bond acceptors (Lipinski definition) is 3. The number of piperidine rings is 1. The number of hydrogen-bond donors (Lipinski definition) is 0. The van der Waals surface area contributed by atoms with Crippen LogP contribution in [0.1, 0.15) is 30.9 Å². The van der Waals surface area contributed by atoms with Gasteiger partial charge in [-0.1, -0.05) is 30.3 Å². The fourth-order valence-electron chi connectivity index (χ4n) is 2.92. The van der Waals surface area contributed by atoms with Gasteiger partial charge in [0.2, 0.25) is 0 Å². The van der Waals surface area contributed by atoms with Crippen LogP contribution >= 0.6 is 0 Å². The molecule has 1 aromatic carbocycles. The minimum atomic E-state index is -4.89. The highest BCUT2D eigenvalue weighted by Crippen LogP contribution is 2.41. The fraction of sp³-hybridized carbons (Fsp3) is 0.500. The second-order valence-electron chi connectivity index (χ2n) is 5.82. The van der Waals surface area contributed by atoms with E-state index in [1.165, 1.54) is 12.1 Å². The summed E-state index contributed by atoms with van der Waals surface area (Å²) < 4.78 is 80.3. The lowest BCUT2D eigenvalue weighted by atomic mass is 9.90. The van der Waals surface area contributed by atoms with Gasteiger partial charge in [0.25, 0.3) is 0 Å². The summed E-state index contributed by atoms with van der Waals surface area (Å²) in [5.41, 5.74) is 0.360. The molecule has 1 saturated heterocycles. The van der Waals surface area contributed by atoms with Crippen molar-refractivity contribution < 1.29 is 40.7 Å². The molecule has 0 bridgehead atoms. The van der Waals surface area contributed by atoms with Crippen LogP contribution in [-0.4, -0.2) is 41.8 Å². The van der Waals surface area contributed by atoms with Crippen LogP contribution in [0.5, 0.6) is 0 Å². The fourth-order valence-corrected chi connectivity index (χ4v) is 2.92. The van der Waals surface area contributed by atoms with Gasteiger partial charge in [-0.2, -0.15) is 26.3 Å². The van der Waals surface area contributed by atoms with Crippen molar-refractivity contribution in [3.05, 3.63) is 35.9 Å². The highest BCUT2D eigenvalue weighted by Gasteiger charge is 2.51. The molecular formula is C16H15F6NO3. The summed E-state index contributed by atoms with van der Waals surface area (Å²) in [4.78, 5) is 24.2. The predicted octanol–water partition coefficient (Wildman–Crippen LogP) is 3.78. The van der Waals surface area contributed by atoms with E-state index in [-0.39, 0.29) is 12.8 Å². The van der Waals surface area contributed by atoms with E-state index in [1.807, 2.05) is 0 Å². The summed E-state index contributed by atoms with van der Waals surface area (Å²) in [6, 6.07) is 4.36. The standard InChI is InChI=1S/C16H15F6NO3/c17-15(18,19)9-26-14(25)13(24)23-11(10-5-2-1-3-6-10)7-4-8-12(23)16(20,21)22/h1-3,5-6,11-12H,4,7-9H2/t11-,12+/m0/s1. The van der Waals surface area contributed by atoms with Gasteiger partial charge in [-0.15, -0.1) is 0 Å². The first-order valence-corrected chi connectivity index (χ1v) is 7.68. The van der Waals surface area contributed by atoms with Gasteiger partial charge < -0.3 is 9.64 Å². The molecule has 1 aromatic rings. The van der Waals surface area contributed by atoms with Crippen molar-refractivity contribution >= 4 is 11.9 Å². The maximum atomic E-state index is 13.4. The third-order valence-corrected chi connectivity index (χ3v) is 3.96. The molecule has 0 N–H and O–H groups in total. The van der Waals surface area contributed by atoms with Gasteiger partial charge in [0, 0.05) is 0 Å². The molecule has 144 valence electrons. The zero-order valence-corrected chi connectivity index (χ0v) is 13.3.